The smallest absolute Gasteiger partial charge is 0.293 e. The molecule has 3 nitrogen and oxygen atoms in total. The first kappa shape index (κ1) is 14.7. The maximum atomic E-state index is 11.6. The molecule has 1 rings (SSSR count). The zero-order valence-electron chi connectivity index (χ0n) is 11.4. The number of unbranched alkanes of at least 4 members (excludes halogenated alkanes) is 2. The van der Waals surface area contributed by atoms with Gasteiger partial charge in [-0.25, -0.2) is 4.79 Å². The molecule has 0 saturated carbocycles. The van der Waals surface area contributed by atoms with Crippen molar-refractivity contribution in [1.82, 2.24) is 0 Å². The number of hydrogen-bond acceptors (Lipinski definition) is 3. The molecular formula is C15H22O3. The summed E-state index contributed by atoms with van der Waals surface area (Å²) in [5, 5.41) is 0. The molecule has 0 spiro atoms. The van der Waals surface area contributed by atoms with Crippen LogP contribution in [0.15, 0.2) is 24.3 Å². The van der Waals surface area contributed by atoms with Crippen LogP contribution in [0.4, 0.5) is 0 Å². The van der Waals surface area contributed by atoms with Gasteiger partial charge in [0, 0.05) is 0 Å². The second-order valence-corrected chi connectivity index (χ2v) is 4.67. The van der Waals surface area contributed by atoms with E-state index in [4.69, 9.17) is 4.89 Å². The van der Waals surface area contributed by atoms with Crippen LogP contribution in [0, 0.1) is 0 Å². The molecule has 100 valence electrons. The van der Waals surface area contributed by atoms with Crippen molar-refractivity contribution in [3.8, 4) is 0 Å². The fraction of sp³-hybridized carbons (Fsp3) is 0.533. The van der Waals surface area contributed by atoms with Gasteiger partial charge >= 0.3 is 5.97 Å². The lowest BCUT2D eigenvalue weighted by Gasteiger charge is -2.06. The molecule has 0 aliphatic rings. The fourth-order valence-electron chi connectivity index (χ4n) is 1.57. The molecule has 0 heterocycles. The Morgan fingerprint density at radius 1 is 1.17 bits per heavy atom. The van der Waals surface area contributed by atoms with E-state index >= 15 is 0 Å². The highest BCUT2D eigenvalue weighted by Crippen LogP contribution is 2.10. The third-order valence-corrected chi connectivity index (χ3v) is 2.57. The largest absolute Gasteiger partial charge is 0.373 e. The summed E-state index contributed by atoms with van der Waals surface area (Å²) < 4.78 is 0. The van der Waals surface area contributed by atoms with E-state index in [9.17, 15) is 4.79 Å². The highest BCUT2D eigenvalue weighted by atomic mass is 17.2. The molecule has 0 bridgehead atoms. The monoisotopic (exact) mass is 250 g/mol. The van der Waals surface area contributed by atoms with E-state index in [1.807, 2.05) is 26.0 Å². The van der Waals surface area contributed by atoms with Crippen LogP contribution in [-0.2, 0) is 16.2 Å². The van der Waals surface area contributed by atoms with Crippen LogP contribution >= 0.6 is 0 Å². The number of hydrogen-bond donors (Lipinski definition) is 0. The SMILES string of the molecule is CCCCCc1ccc(C(=O)OOC(C)C)cc1. The molecule has 0 unspecified atom stereocenters. The molecule has 0 saturated heterocycles. The van der Waals surface area contributed by atoms with Crippen molar-refractivity contribution in [2.45, 2.75) is 52.6 Å². The van der Waals surface area contributed by atoms with Crippen molar-refractivity contribution in [2.75, 3.05) is 0 Å². The number of benzene rings is 1. The first-order valence-corrected chi connectivity index (χ1v) is 6.60. The van der Waals surface area contributed by atoms with Crippen LogP contribution in [0.5, 0.6) is 0 Å². The normalized spacial score (nSPS) is 10.7. The minimum atomic E-state index is -0.441. The van der Waals surface area contributed by atoms with Crippen LogP contribution in [0.3, 0.4) is 0 Å². The van der Waals surface area contributed by atoms with Gasteiger partial charge < -0.3 is 0 Å². The van der Waals surface area contributed by atoms with Gasteiger partial charge in [-0.3, -0.25) is 4.89 Å². The Morgan fingerprint density at radius 3 is 2.39 bits per heavy atom. The topological polar surface area (TPSA) is 35.5 Å². The van der Waals surface area contributed by atoms with Crippen LogP contribution in [0.2, 0.25) is 0 Å². The molecule has 3 heteroatoms. The number of carbonyl (C=O) groups excluding carboxylic acids is 1. The van der Waals surface area contributed by atoms with E-state index in [0.29, 0.717) is 5.56 Å². The third kappa shape index (κ3) is 5.32. The van der Waals surface area contributed by atoms with E-state index in [1.165, 1.54) is 24.8 Å². The predicted molar refractivity (Wildman–Crippen MR) is 71.3 cm³/mol. The molecule has 0 aliphatic heterocycles. The molecule has 0 N–H and O–H groups in total. The molecule has 1 aromatic carbocycles. The molecule has 0 radical (unpaired) electrons. The maximum Gasteiger partial charge on any atom is 0.373 e. The van der Waals surface area contributed by atoms with Crippen molar-refractivity contribution in [3.05, 3.63) is 35.4 Å². The van der Waals surface area contributed by atoms with Gasteiger partial charge in [0.05, 0.1) is 11.7 Å². The van der Waals surface area contributed by atoms with E-state index in [1.54, 1.807) is 12.1 Å². The van der Waals surface area contributed by atoms with Gasteiger partial charge in [-0.15, -0.1) is 0 Å². The predicted octanol–water partition coefficient (Wildman–Crippen LogP) is 3.92. The lowest BCUT2D eigenvalue weighted by Crippen LogP contribution is -2.10. The quantitative estimate of drug-likeness (QED) is 0.418. The van der Waals surface area contributed by atoms with E-state index < -0.39 is 5.97 Å². The first-order chi connectivity index (χ1) is 8.63. The molecular weight excluding hydrogens is 228 g/mol. The van der Waals surface area contributed by atoms with Crippen LogP contribution < -0.4 is 0 Å². The zero-order valence-corrected chi connectivity index (χ0v) is 11.4. The molecule has 0 aromatic heterocycles. The highest BCUT2D eigenvalue weighted by Gasteiger charge is 2.09. The van der Waals surface area contributed by atoms with Crippen molar-refractivity contribution in [2.24, 2.45) is 0 Å². The Balaban J connectivity index is 2.46. The standard InChI is InChI=1S/C15H22O3/c1-4-5-6-7-13-8-10-14(11-9-13)15(16)18-17-12(2)3/h8-12H,4-7H2,1-3H3. The minimum Gasteiger partial charge on any atom is -0.293 e. The van der Waals surface area contributed by atoms with E-state index in [2.05, 4.69) is 11.8 Å². The summed E-state index contributed by atoms with van der Waals surface area (Å²) in [4.78, 5) is 21.1. The molecule has 0 atom stereocenters. The summed E-state index contributed by atoms with van der Waals surface area (Å²) in [5.74, 6) is -0.441. The molecule has 1 aromatic rings. The van der Waals surface area contributed by atoms with Crippen molar-refractivity contribution < 1.29 is 14.6 Å². The number of rotatable bonds is 7. The lowest BCUT2D eigenvalue weighted by atomic mass is 10.1. The molecule has 0 aliphatic carbocycles. The molecule has 18 heavy (non-hydrogen) atoms. The fourth-order valence-corrected chi connectivity index (χ4v) is 1.57. The Kier molecular flexibility index (Phi) is 6.44. The Labute approximate surface area is 109 Å². The van der Waals surface area contributed by atoms with Crippen molar-refractivity contribution in [3.63, 3.8) is 0 Å². The zero-order chi connectivity index (χ0) is 13.4. The summed E-state index contributed by atoms with van der Waals surface area (Å²) in [6.07, 6.45) is 4.59. The highest BCUT2D eigenvalue weighted by molar-refractivity contribution is 5.88. The van der Waals surface area contributed by atoms with Crippen LogP contribution in [0.25, 0.3) is 0 Å². The minimum absolute atomic E-state index is 0.123. The van der Waals surface area contributed by atoms with Crippen LogP contribution in [0.1, 0.15) is 56.0 Å². The second-order valence-electron chi connectivity index (χ2n) is 4.67. The first-order valence-electron chi connectivity index (χ1n) is 6.60. The van der Waals surface area contributed by atoms with Gasteiger partial charge in [-0.1, -0.05) is 31.9 Å². The van der Waals surface area contributed by atoms with Gasteiger partial charge in [0.2, 0.25) is 0 Å². The van der Waals surface area contributed by atoms with Gasteiger partial charge in [0.15, 0.2) is 0 Å². The summed E-state index contributed by atoms with van der Waals surface area (Å²) >= 11 is 0. The van der Waals surface area contributed by atoms with Crippen LogP contribution in [-0.4, -0.2) is 12.1 Å². The summed E-state index contributed by atoms with van der Waals surface area (Å²) in [6.45, 7) is 5.81. The summed E-state index contributed by atoms with van der Waals surface area (Å²) in [5.41, 5.74) is 1.78. The Hall–Kier alpha value is -1.35. The summed E-state index contributed by atoms with van der Waals surface area (Å²) in [7, 11) is 0. The lowest BCUT2D eigenvalue weighted by molar-refractivity contribution is -0.265. The average Bonchev–Trinajstić information content (AvgIpc) is 2.37. The number of carbonyl (C=O) groups is 1. The second kappa shape index (κ2) is 7.88. The van der Waals surface area contributed by atoms with E-state index in [-0.39, 0.29) is 6.10 Å². The van der Waals surface area contributed by atoms with Gasteiger partial charge in [-0.05, 0) is 44.4 Å². The van der Waals surface area contributed by atoms with Gasteiger partial charge in [0.25, 0.3) is 0 Å². The molecule has 0 fully saturated rings. The third-order valence-electron chi connectivity index (χ3n) is 2.57. The van der Waals surface area contributed by atoms with Crippen molar-refractivity contribution in [1.29, 1.82) is 0 Å². The Bertz CT molecular complexity index is 355. The molecule has 0 amide bonds. The Morgan fingerprint density at radius 2 is 1.83 bits per heavy atom. The van der Waals surface area contributed by atoms with Crippen molar-refractivity contribution >= 4 is 5.97 Å². The number of aryl methyl sites for hydroxylation is 1. The van der Waals surface area contributed by atoms with E-state index in [0.717, 1.165) is 6.42 Å². The average molecular weight is 250 g/mol. The van der Waals surface area contributed by atoms with Gasteiger partial charge in [-0.2, -0.15) is 4.89 Å². The summed E-state index contributed by atoms with van der Waals surface area (Å²) in [6, 6.07) is 7.52. The van der Waals surface area contributed by atoms with Gasteiger partial charge in [0.1, 0.15) is 0 Å². The maximum absolute atomic E-state index is 11.6.